The fourth-order valence-corrected chi connectivity index (χ4v) is 3.28. The van der Waals surface area contributed by atoms with Gasteiger partial charge in [0, 0.05) is 31.9 Å². The minimum atomic E-state index is -4.85. The van der Waals surface area contributed by atoms with Gasteiger partial charge in [-0.05, 0) is 37.1 Å². The number of halogens is 3. The number of hydrogen-bond acceptors (Lipinski definition) is 6. The lowest BCUT2D eigenvalue weighted by atomic mass is 9.88. The van der Waals surface area contributed by atoms with Gasteiger partial charge < -0.3 is 23.9 Å². The summed E-state index contributed by atoms with van der Waals surface area (Å²) < 4.78 is 52.3. The van der Waals surface area contributed by atoms with E-state index < -0.39 is 29.6 Å². The summed E-state index contributed by atoms with van der Waals surface area (Å²) in [4.78, 5) is 25.2. The first-order valence-electron chi connectivity index (χ1n) is 9.42. The van der Waals surface area contributed by atoms with Crippen molar-refractivity contribution in [3.05, 3.63) is 57.5 Å². The molecule has 1 N–H and O–H groups in total. The van der Waals surface area contributed by atoms with E-state index >= 15 is 0 Å². The zero-order valence-corrected chi connectivity index (χ0v) is 17.4. The first-order chi connectivity index (χ1) is 14.6. The summed E-state index contributed by atoms with van der Waals surface area (Å²) in [6.45, 7) is 2.42. The second-order valence-corrected chi connectivity index (χ2v) is 6.84. The quantitative estimate of drug-likeness (QED) is 0.472. The molecule has 0 amide bonds. The molecular weight excluding hydrogens is 419 g/mol. The van der Waals surface area contributed by atoms with Crippen molar-refractivity contribution in [1.29, 1.82) is 0 Å². The highest BCUT2D eigenvalue weighted by molar-refractivity contribution is 5.71. The van der Waals surface area contributed by atoms with Crippen LogP contribution in [0.15, 0.2) is 35.1 Å². The van der Waals surface area contributed by atoms with Gasteiger partial charge in [-0.2, -0.15) is 0 Å². The second-order valence-electron chi connectivity index (χ2n) is 6.84. The summed E-state index contributed by atoms with van der Waals surface area (Å²) in [5, 5.41) is 10.5. The molecule has 0 fully saturated rings. The predicted molar refractivity (Wildman–Crippen MR) is 105 cm³/mol. The number of benzene rings is 1. The highest BCUT2D eigenvalue weighted by Crippen LogP contribution is 2.34. The van der Waals surface area contributed by atoms with Gasteiger partial charge in [0.05, 0.1) is 19.1 Å². The molecule has 2 rings (SSSR count). The van der Waals surface area contributed by atoms with Crippen LogP contribution in [-0.2, 0) is 20.8 Å². The third kappa shape index (κ3) is 6.48. The van der Waals surface area contributed by atoms with Crippen LogP contribution in [0.3, 0.4) is 0 Å². The number of aromatic hydroxyl groups is 1. The van der Waals surface area contributed by atoms with Crippen molar-refractivity contribution >= 4 is 5.97 Å². The van der Waals surface area contributed by atoms with Crippen molar-refractivity contribution in [3.8, 4) is 11.5 Å². The molecule has 0 radical (unpaired) electrons. The van der Waals surface area contributed by atoms with Gasteiger partial charge in [-0.3, -0.25) is 9.59 Å². The number of esters is 1. The fraction of sp³-hybridized carbons (Fsp3) is 0.429. The molecule has 1 aromatic carbocycles. The van der Waals surface area contributed by atoms with Crippen LogP contribution in [-0.4, -0.2) is 42.8 Å². The third-order valence-electron chi connectivity index (χ3n) is 4.72. The summed E-state index contributed by atoms with van der Waals surface area (Å²) >= 11 is 0. The predicted octanol–water partition coefficient (Wildman–Crippen LogP) is 3.49. The molecular formula is C21H24F3NO6. The third-order valence-corrected chi connectivity index (χ3v) is 4.72. The van der Waals surface area contributed by atoms with Gasteiger partial charge in [0.1, 0.15) is 11.5 Å². The smallest absolute Gasteiger partial charge is 0.507 e. The normalized spacial score (nSPS) is 12.5. The molecule has 1 atom stereocenters. The highest BCUT2D eigenvalue weighted by atomic mass is 19.4. The zero-order chi connectivity index (χ0) is 23.2. The Bertz CT molecular complexity index is 953. The van der Waals surface area contributed by atoms with Gasteiger partial charge in [-0.25, -0.2) is 0 Å². The molecule has 10 heteroatoms. The number of nitrogens with zero attached hydrogens (tertiary/aromatic N) is 1. The lowest BCUT2D eigenvalue weighted by molar-refractivity contribution is -0.274. The Hall–Kier alpha value is -3.01. The van der Waals surface area contributed by atoms with E-state index in [9.17, 15) is 27.9 Å². The molecule has 1 heterocycles. The molecule has 1 unspecified atom stereocenters. The lowest BCUT2D eigenvalue weighted by Gasteiger charge is -2.21. The molecule has 0 aliphatic carbocycles. The lowest BCUT2D eigenvalue weighted by Crippen LogP contribution is -2.29. The maximum Gasteiger partial charge on any atom is 0.573 e. The number of aromatic nitrogens is 1. The van der Waals surface area contributed by atoms with Crippen molar-refractivity contribution < 1.29 is 37.3 Å². The van der Waals surface area contributed by atoms with E-state index in [2.05, 4.69) is 4.74 Å². The molecule has 0 aliphatic heterocycles. The Labute approximate surface area is 177 Å². The number of pyridine rings is 1. The summed E-state index contributed by atoms with van der Waals surface area (Å²) in [7, 11) is 2.72. The van der Waals surface area contributed by atoms with Gasteiger partial charge in [0.2, 0.25) is 0 Å². The van der Waals surface area contributed by atoms with Crippen LogP contribution in [0.4, 0.5) is 13.2 Å². The van der Waals surface area contributed by atoms with Crippen molar-refractivity contribution in [3.63, 3.8) is 0 Å². The van der Waals surface area contributed by atoms with Crippen molar-refractivity contribution in [2.75, 3.05) is 20.8 Å². The zero-order valence-electron chi connectivity index (χ0n) is 17.4. The number of hydrogen-bond donors (Lipinski definition) is 1. The number of aryl methyl sites for hydroxylation is 1. The summed E-state index contributed by atoms with van der Waals surface area (Å²) in [5.74, 6) is -2.34. The van der Waals surface area contributed by atoms with Gasteiger partial charge >= 0.3 is 12.3 Å². The van der Waals surface area contributed by atoms with Crippen LogP contribution >= 0.6 is 0 Å². The van der Waals surface area contributed by atoms with E-state index in [4.69, 9.17) is 9.47 Å². The van der Waals surface area contributed by atoms with Crippen LogP contribution in [0.1, 0.15) is 35.6 Å². The van der Waals surface area contributed by atoms with Gasteiger partial charge in [0.25, 0.3) is 5.56 Å². The Morgan fingerprint density at radius 2 is 1.84 bits per heavy atom. The molecule has 7 nitrogen and oxygen atoms in total. The molecule has 170 valence electrons. The van der Waals surface area contributed by atoms with Crippen LogP contribution in [0.2, 0.25) is 0 Å². The van der Waals surface area contributed by atoms with E-state index in [1.54, 1.807) is 6.92 Å². The average Bonchev–Trinajstić information content (AvgIpc) is 2.69. The molecule has 0 saturated heterocycles. The Morgan fingerprint density at radius 3 is 2.39 bits per heavy atom. The molecule has 0 bridgehead atoms. The number of ether oxygens (including phenoxy) is 3. The minimum absolute atomic E-state index is 0.0436. The first kappa shape index (κ1) is 24.3. The maximum atomic E-state index is 13.2. The molecule has 0 spiro atoms. The minimum Gasteiger partial charge on any atom is -0.507 e. The average molecular weight is 443 g/mol. The maximum absolute atomic E-state index is 13.2. The molecule has 1 aromatic heterocycles. The molecule has 31 heavy (non-hydrogen) atoms. The van der Waals surface area contributed by atoms with E-state index in [0.29, 0.717) is 30.8 Å². The SMILES string of the molecule is COCCCn1c(C)cc(O)c(C(CC(=O)OC)c2ccc(OC(F)(F)F)cc2)c1=O. The fourth-order valence-electron chi connectivity index (χ4n) is 3.28. The van der Waals surface area contributed by atoms with Crippen LogP contribution in [0, 0.1) is 6.92 Å². The molecule has 0 aliphatic rings. The standard InChI is InChI=1S/C21H24F3NO6/c1-13-11-17(26)19(20(28)25(13)9-4-10-29-2)16(12-18(27)30-3)14-5-7-15(8-6-14)31-21(22,23)24/h5-8,11,16,26H,4,9-10,12H2,1-3H3. The summed E-state index contributed by atoms with van der Waals surface area (Å²) in [6, 6.07) is 6.19. The number of carbonyl (C=O) groups is 1. The number of carbonyl (C=O) groups excluding carboxylic acids is 1. The van der Waals surface area contributed by atoms with E-state index in [0.717, 1.165) is 12.1 Å². The van der Waals surface area contributed by atoms with Crippen molar-refractivity contribution in [2.24, 2.45) is 0 Å². The molecule has 0 saturated carbocycles. The van der Waals surface area contributed by atoms with E-state index in [1.165, 1.54) is 37.0 Å². The Balaban J connectivity index is 2.52. The van der Waals surface area contributed by atoms with Crippen molar-refractivity contribution in [2.45, 2.75) is 38.6 Å². The van der Waals surface area contributed by atoms with Crippen LogP contribution in [0.25, 0.3) is 0 Å². The second kappa shape index (κ2) is 10.3. The number of methoxy groups -OCH3 is 2. The highest BCUT2D eigenvalue weighted by Gasteiger charge is 2.31. The topological polar surface area (TPSA) is 87.0 Å². The van der Waals surface area contributed by atoms with Crippen molar-refractivity contribution in [1.82, 2.24) is 4.57 Å². The van der Waals surface area contributed by atoms with Gasteiger partial charge in [-0.1, -0.05) is 12.1 Å². The largest absolute Gasteiger partial charge is 0.573 e. The van der Waals surface area contributed by atoms with E-state index in [1.807, 2.05) is 0 Å². The van der Waals surface area contributed by atoms with Crippen LogP contribution < -0.4 is 10.3 Å². The van der Waals surface area contributed by atoms with Gasteiger partial charge in [-0.15, -0.1) is 13.2 Å². The van der Waals surface area contributed by atoms with Gasteiger partial charge in [0.15, 0.2) is 0 Å². The van der Waals surface area contributed by atoms with E-state index in [-0.39, 0.29) is 17.7 Å². The van der Waals surface area contributed by atoms with Crippen LogP contribution in [0.5, 0.6) is 11.5 Å². The first-order valence-corrected chi connectivity index (χ1v) is 9.42. The Morgan fingerprint density at radius 1 is 1.19 bits per heavy atom. The Kier molecular flexibility index (Phi) is 8.09. The monoisotopic (exact) mass is 443 g/mol. The molecule has 2 aromatic rings. The summed E-state index contributed by atoms with van der Waals surface area (Å²) in [6.07, 6.45) is -4.59. The number of rotatable bonds is 9. The summed E-state index contributed by atoms with van der Waals surface area (Å²) in [5.41, 5.74) is 0.323. The number of alkyl halides is 3.